The fourth-order valence-electron chi connectivity index (χ4n) is 2.72. The van der Waals surface area contributed by atoms with Gasteiger partial charge in [-0.15, -0.1) is 0 Å². The van der Waals surface area contributed by atoms with Crippen LogP contribution in [-0.2, 0) is 11.3 Å². The SMILES string of the molecule is CCN(C(=O)Cn1c(-c2ccc(C)cc2)n[nH]c1=S)c1ccccc1. The van der Waals surface area contributed by atoms with E-state index in [9.17, 15) is 4.79 Å². The van der Waals surface area contributed by atoms with Crippen molar-refractivity contribution in [2.24, 2.45) is 0 Å². The van der Waals surface area contributed by atoms with Crippen LogP contribution in [0.15, 0.2) is 54.6 Å². The van der Waals surface area contributed by atoms with Gasteiger partial charge in [-0.2, -0.15) is 5.10 Å². The van der Waals surface area contributed by atoms with Crippen molar-refractivity contribution in [3.8, 4) is 11.4 Å². The maximum atomic E-state index is 12.8. The molecule has 0 aliphatic carbocycles. The maximum absolute atomic E-state index is 12.8. The number of carbonyl (C=O) groups excluding carboxylic acids is 1. The largest absolute Gasteiger partial charge is 0.311 e. The van der Waals surface area contributed by atoms with Gasteiger partial charge in [0.2, 0.25) is 5.91 Å². The Morgan fingerprint density at radius 3 is 2.48 bits per heavy atom. The lowest BCUT2D eigenvalue weighted by Crippen LogP contribution is -2.33. The molecule has 2 aromatic carbocycles. The molecule has 6 heteroatoms. The molecule has 1 heterocycles. The average molecular weight is 352 g/mol. The highest BCUT2D eigenvalue weighted by atomic mass is 32.1. The Balaban J connectivity index is 1.90. The van der Waals surface area contributed by atoms with E-state index >= 15 is 0 Å². The number of benzene rings is 2. The molecule has 0 saturated carbocycles. The van der Waals surface area contributed by atoms with Gasteiger partial charge in [-0.3, -0.25) is 14.5 Å². The molecule has 3 aromatic rings. The third-order valence-electron chi connectivity index (χ3n) is 4.05. The highest BCUT2D eigenvalue weighted by molar-refractivity contribution is 7.71. The summed E-state index contributed by atoms with van der Waals surface area (Å²) < 4.78 is 2.18. The van der Waals surface area contributed by atoms with Crippen molar-refractivity contribution in [1.29, 1.82) is 0 Å². The molecule has 5 nitrogen and oxygen atoms in total. The van der Waals surface area contributed by atoms with Crippen LogP contribution >= 0.6 is 12.2 Å². The first kappa shape index (κ1) is 17.1. The van der Waals surface area contributed by atoms with Crippen molar-refractivity contribution >= 4 is 23.8 Å². The second-order valence-corrected chi connectivity index (χ2v) is 6.16. The Kier molecular flexibility index (Phi) is 5.09. The molecule has 0 unspecified atom stereocenters. The van der Waals surface area contributed by atoms with Gasteiger partial charge in [-0.25, -0.2) is 0 Å². The Morgan fingerprint density at radius 2 is 1.84 bits per heavy atom. The summed E-state index contributed by atoms with van der Waals surface area (Å²) in [6.07, 6.45) is 0. The summed E-state index contributed by atoms with van der Waals surface area (Å²) in [6, 6.07) is 17.6. The molecule has 3 rings (SSSR count). The summed E-state index contributed by atoms with van der Waals surface area (Å²) in [5, 5.41) is 7.10. The van der Waals surface area contributed by atoms with Gasteiger partial charge in [0.25, 0.3) is 0 Å². The van der Waals surface area contributed by atoms with E-state index in [4.69, 9.17) is 12.2 Å². The van der Waals surface area contributed by atoms with Crippen molar-refractivity contribution in [2.75, 3.05) is 11.4 Å². The zero-order valence-corrected chi connectivity index (χ0v) is 15.1. The van der Waals surface area contributed by atoms with Crippen LogP contribution in [0, 0.1) is 11.7 Å². The van der Waals surface area contributed by atoms with Gasteiger partial charge in [0, 0.05) is 17.8 Å². The zero-order valence-electron chi connectivity index (χ0n) is 14.3. The van der Waals surface area contributed by atoms with Gasteiger partial charge in [0.1, 0.15) is 6.54 Å². The fraction of sp³-hybridized carbons (Fsp3) is 0.211. The number of H-pyrrole nitrogens is 1. The third kappa shape index (κ3) is 3.69. The van der Waals surface area contributed by atoms with Crippen LogP contribution in [0.2, 0.25) is 0 Å². The fourth-order valence-corrected chi connectivity index (χ4v) is 2.92. The minimum atomic E-state index is -0.0282. The van der Waals surface area contributed by atoms with E-state index in [1.54, 1.807) is 9.47 Å². The number of anilines is 1. The molecule has 0 aliphatic rings. The molecule has 0 fully saturated rings. The molecular weight excluding hydrogens is 332 g/mol. The number of aryl methyl sites for hydroxylation is 1. The number of hydrogen-bond donors (Lipinski definition) is 1. The van der Waals surface area contributed by atoms with Gasteiger partial charge in [-0.05, 0) is 38.2 Å². The Morgan fingerprint density at radius 1 is 1.16 bits per heavy atom. The van der Waals surface area contributed by atoms with E-state index in [0.717, 1.165) is 11.3 Å². The summed E-state index contributed by atoms with van der Waals surface area (Å²) in [7, 11) is 0. The first-order valence-electron chi connectivity index (χ1n) is 8.18. The van der Waals surface area contributed by atoms with Crippen molar-refractivity contribution in [3.63, 3.8) is 0 Å². The summed E-state index contributed by atoms with van der Waals surface area (Å²) in [5.74, 6) is 0.641. The number of hydrogen-bond acceptors (Lipinski definition) is 3. The maximum Gasteiger partial charge on any atom is 0.247 e. The summed E-state index contributed by atoms with van der Waals surface area (Å²) in [5.41, 5.74) is 2.97. The van der Waals surface area contributed by atoms with Crippen LogP contribution in [0.3, 0.4) is 0 Å². The van der Waals surface area contributed by atoms with E-state index in [0.29, 0.717) is 17.1 Å². The van der Waals surface area contributed by atoms with E-state index in [2.05, 4.69) is 10.2 Å². The lowest BCUT2D eigenvalue weighted by molar-refractivity contribution is -0.119. The predicted molar refractivity (Wildman–Crippen MR) is 102 cm³/mol. The number of nitrogens with zero attached hydrogens (tertiary/aromatic N) is 3. The number of aromatic nitrogens is 3. The minimum absolute atomic E-state index is 0.0282. The van der Waals surface area contributed by atoms with Crippen molar-refractivity contribution < 1.29 is 4.79 Å². The van der Waals surface area contributed by atoms with Crippen molar-refractivity contribution in [2.45, 2.75) is 20.4 Å². The normalized spacial score (nSPS) is 10.6. The summed E-state index contributed by atoms with van der Waals surface area (Å²) in [4.78, 5) is 14.6. The monoisotopic (exact) mass is 352 g/mol. The average Bonchev–Trinajstić information content (AvgIpc) is 2.98. The first-order chi connectivity index (χ1) is 12.1. The highest BCUT2D eigenvalue weighted by Gasteiger charge is 2.17. The molecule has 0 aliphatic heterocycles. The second kappa shape index (κ2) is 7.44. The molecule has 0 atom stereocenters. The van der Waals surface area contributed by atoms with Crippen LogP contribution in [0.25, 0.3) is 11.4 Å². The van der Waals surface area contributed by atoms with E-state index in [1.165, 1.54) is 5.56 Å². The van der Waals surface area contributed by atoms with Crippen molar-refractivity contribution in [3.05, 3.63) is 64.9 Å². The Bertz CT molecular complexity index is 913. The van der Waals surface area contributed by atoms with E-state index in [1.807, 2.05) is 68.4 Å². The van der Waals surface area contributed by atoms with Gasteiger partial charge < -0.3 is 4.90 Å². The number of aromatic amines is 1. The molecule has 0 bridgehead atoms. The number of carbonyl (C=O) groups is 1. The molecule has 0 radical (unpaired) electrons. The molecule has 1 amide bonds. The van der Waals surface area contributed by atoms with Crippen LogP contribution < -0.4 is 4.90 Å². The number of rotatable bonds is 5. The Hall–Kier alpha value is -2.73. The van der Waals surface area contributed by atoms with Gasteiger partial charge in [0.15, 0.2) is 10.6 Å². The van der Waals surface area contributed by atoms with Gasteiger partial charge in [0.05, 0.1) is 0 Å². The predicted octanol–water partition coefficient (Wildman–Crippen LogP) is 3.97. The summed E-state index contributed by atoms with van der Waals surface area (Å²) >= 11 is 5.33. The second-order valence-electron chi connectivity index (χ2n) is 5.78. The Labute approximate surface area is 151 Å². The topological polar surface area (TPSA) is 53.9 Å². The minimum Gasteiger partial charge on any atom is -0.311 e. The zero-order chi connectivity index (χ0) is 17.8. The molecule has 25 heavy (non-hydrogen) atoms. The highest BCUT2D eigenvalue weighted by Crippen LogP contribution is 2.19. The third-order valence-corrected chi connectivity index (χ3v) is 4.36. The molecular formula is C19H20N4OS. The van der Waals surface area contributed by atoms with Gasteiger partial charge >= 0.3 is 0 Å². The van der Waals surface area contributed by atoms with E-state index < -0.39 is 0 Å². The summed E-state index contributed by atoms with van der Waals surface area (Å²) in [6.45, 7) is 4.72. The molecule has 1 N–H and O–H groups in total. The first-order valence-corrected chi connectivity index (χ1v) is 8.58. The number of nitrogens with one attached hydrogen (secondary N) is 1. The van der Waals surface area contributed by atoms with E-state index in [-0.39, 0.29) is 12.5 Å². The molecule has 1 aromatic heterocycles. The number of likely N-dealkylation sites (N-methyl/N-ethyl adjacent to an activating group) is 1. The van der Waals surface area contributed by atoms with Gasteiger partial charge in [-0.1, -0.05) is 48.0 Å². The van der Waals surface area contributed by atoms with Crippen LogP contribution in [0.1, 0.15) is 12.5 Å². The van der Waals surface area contributed by atoms with Crippen molar-refractivity contribution in [1.82, 2.24) is 14.8 Å². The molecule has 0 saturated heterocycles. The molecule has 0 spiro atoms. The lowest BCUT2D eigenvalue weighted by Gasteiger charge is -2.21. The molecule has 128 valence electrons. The van der Waals surface area contributed by atoms with Crippen LogP contribution in [0.4, 0.5) is 5.69 Å². The quantitative estimate of drug-likeness (QED) is 0.707. The van der Waals surface area contributed by atoms with Crippen LogP contribution in [0.5, 0.6) is 0 Å². The standard InChI is InChI=1S/C19H20N4OS/c1-3-22(16-7-5-4-6-8-16)17(24)13-23-18(20-21-19(23)25)15-11-9-14(2)10-12-15/h4-12H,3,13H2,1-2H3,(H,21,25). The smallest absolute Gasteiger partial charge is 0.247 e. The number of para-hydroxylation sites is 1. The lowest BCUT2D eigenvalue weighted by atomic mass is 10.1. The van der Waals surface area contributed by atoms with Crippen LogP contribution in [-0.4, -0.2) is 27.2 Å². The number of amides is 1.